The first-order chi connectivity index (χ1) is 16.3. The highest BCUT2D eigenvalue weighted by Crippen LogP contribution is 2.14. The molecule has 0 spiro atoms. The molecule has 0 atom stereocenters. The summed E-state index contributed by atoms with van der Waals surface area (Å²) in [5.74, 6) is -0.454. The number of carbonyl (C=O) groups excluding carboxylic acids is 2. The van der Waals surface area contributed by atoms with E-state index in [2.05, 4.69) is 27.6 Å². The van der Waals surface area contributed by atoms with Gasteiger partial charge in [-0.2, -0.15) is 5.10 Å². The van der Waals surface area contributed by atoms with Crippen molar-refractivity contribution < 1.29 is 14.3 Å². The molecule has 0 aliphatic rings. The molecule has 1 aromatic heterocycles. The van der Waals surface area contributed by atoms with Crippen molar-refractivity contribution in [3.63, 3.8) is 0 Å². The SMILES string of the molecule is CCCn1cc(CN=C(NC(=O)c2ccc(C)c(C)c2)Nc2cccc(C(=O)OC)c2)c(C)n1. The van der Waals surface area contributed by atoms with Crippen LogP contribution in [-0.4, -0.2) is 34.7 Å². The number of aliphatic imine (C=N–C) groups is 1. The van der Waals surface area contributed by atoms with Crippen LogP contribution in [0.15, 0.2) is 53.7 Å². The zero-order valence-electron chi connectivity index (χ0n) is 20.3. The molecular formula is C26H31N5O3. The number of anilines is 1. The summed E-state index contributed by atoms with van der Waals surface area (Å²) < 4.78 is 6.71. The standard InChI is InChI=1S/C26H31N5O3/c1-6-12-31-16-22(19(4)30-31)15-27-26(28-23-9-7-8-21(14-23)25(33)34-5)29-24(32)20-11-10-17(2)18(3)13-20/h7-11,13-14,16H,6,12,15H2,1-5H3,(H2,27,28,29,32). The molecule has 3 aromatic rings. The Balaban J connectivity index is 1.87. The molecule has 34 heavy (non-hydrogen) atoms. The Morgan fingerprint density at radius 1 is 1.06 bits per heavy atom. The second-order valence-electron chi connectivity index (χ2n) is 8.12. The Morgan fingerprint density at radius 2 is 1.85 bits per heavy atom. The van der Waals surface area contributed by atoms with E-state index < -0.39 is 5.97 Å². The van der Waals surface area contributed by atoms with Crippen molar-refractivity contribution in [2.45, 2.75) is 47.2 Å². The number of nitrogens with zero attached hydrogens (tertiary/aromatic N) is 3. The van der Waals surface area contributed by atoms with Gasteiger partial charge in [-0.25, -0.2) is 9.79 Å². The van der Waals surface area contributed by atoms with E-state index in [1.165, 1.54) is 7.11 Å². The van der Waals surface area contributed by atoms with Crippen LogP contribution in [0.5, 0.6) is 0 Å². The molecule has 178 valence electrons. The Bertz CT molecular complexity index is 1210. The summed E-state index contributed by atoms with van der Waals surface area (Å²) in [6.45, 7) is 9.18. The number of benzene rings is 2. The summed E-state index contributed by atoms with van der Waals surface area (Å²) in [6, 6.07) is 12.4. The average Bonchev–Trinajstić information content (AvgIpc) is 3.17. The number of methoxy groups -OCH3 is 1. The van der Waals surface area contributed by atoms with Crippen molar-refractivity contribution in [3.8, 4) is 0 Å². The van der Waals surface area contributed by atoms with Gasteiger partial charge in [0.15, 0.2) is 0 Å². The number of guanidine groups is 1. The minimum atomic E-state index is -0.444. The van der Waals surface area contributed by atoms with Gasteiger partial charge in [-0.05, 0) is 68.7 Å². The summed E-state index contributed by atoms with van der Waals surface area (Å²) in [4.78, 5) is 29.5. The number of nitrogens with one attached hydrogen (secondary N) is 2. The first-order valence-corrected chi connectivity index (χ1v) is 11.2. The fourth-order valence-corrected chi connectivity index (χ4v) is 3.37. The summed E-state index contributed by atoms with van der Waals surface area (Å²) in [5, 5.41) is 10.5. The van der Waals surface area contributed by atoms with Crippen molar-refractivity contribution in [2.75, 3.05) is 12.4 Å². The van der Waals surface area contributed by atoms with Crippen molar-refractivity contribution >= 4 is 23.5 Å². The minimum absolute atomic E-state index is 0.271. The molecule has 8 nitrogen and oxygen atoms in total. The molecule has 0 saturated heterocycles. The molecule has 8 heteroatoms. The van der Waals surface area contributed by atoms with Crippen LogP contribution in [-0.2, 0) is 17.8 Å². The summed E-state index contributed by atoms with van der Waals surface area (Å²) in [5.41, 5.74) is 5.53. The van der Waals surface area contributed by atoms with Crippen molar-refractivity contribution in [1.82, 2.24) is 15.1 Å². The summed E-state index contributed by atoms with van der Waals surface area (Å²) >= 11 is 0. The molecule has 1 heterocycles. The number of ether oxygens (including phenoxy) is 1. The highest BCUT2D eigenvalue weighted by atomic mass is 16.5. The molecule has 2 aromatic carbocycles. The predicted octanol–water partition coefficient (Wildman–Crippen LogP) is 4.40. The second kappa shape index (κ2) is 11.3. The molecule has 3 rings (SSSR count). The van der Waals surface area contributed by atoms with Crippen molar-refractivity contribution in [1.29, 1.82) is 0 Å². The topological polar surface area (TPSA) is 97.6 Å². The lowest BCUT2D eigenvalue weighted by Gasteiger charge is -2.13. The number of amides is 1. The van der Waals surface area contributed by atoms with Gasteiger partial charge in [0.2, 0.25) is 5.96 Å². The molecule has 0 radical (unpaired) electrons. The summed E-state index contributed by atoms with van der Waals surface area (Å²) in [7, 11) is 1.33. The van der Waals surface area contributed by atoms with E-state index in [-0.39, 0.29) is 11.9 Å². The van der Waals surface area contributed by atoms with E-state index in [1.54, 1.807) is 30.3 Å². The van der Waals surface area contributed by atoms with Crippen LogP contribution in [0, 0.1) is 20.8 Å². The molecule has 0 aliphatic heterocycles. The first kappa shape index (κ1) is 24.7. The highest BCUT2D eigenvalue weighted by molar-refractivity contribution is 6.10. The smallest absolute Gasteiger partial charge is 0.337 e. The third-order valence-corrected chi connectivity index (χ3v) is 5.46. The molecule has 1 amide bonds. The number of hydrogen-bond acceptors (Lipinski definition) is 5. The lowest BCUT2D eigenvalue weighted by molar-refractivity contribution is 0.0600. The first-order valence-electron chi connectivity index (χ1n) is 11.2. The number of carbonyl (C=O) groups is 2. The van der Waals surface area contributed by atoms with Crippen LogP contribution < -0.4 is 10.6 Å². The van der Waals surface area contributed by atoms with Crippen LogP contribution in [0.2, 0.25) is 0 Å². The van der Waals surface area contributed by atoms with Gasteiger partial charge in [-0.15, -0.1) is 0 Å². The van der Waals surface area contributed by atoms with Gasteiger partial charge in [0.05, 0.1) is 24.9 Å². The molecule has 0 aliphatic carbocycles. The van der Waals surface area contributed by atoms with Gasteiger partial charge < -0.3 is 10.1 Å². The maximum Gasteiger partial charge on any atom is 0.337 e. The van der Waals surface area contributed by atoms with Crippen molar-refractivity contribution in [2.24, 2.45) is 4.99 Å². The van der Waals surface area contributed by atoms with Crippen molar-refractivity contribution in [3.05, 3.63) is 82.2 Å². The zero-order chi connectivity index (χ0) is 24.7. The normalized spacial score (nSPS) is 11.3. The molecule has 2 N–H and O–H groups in total. The monoisotopic (exact) mass is 461 g/mol. The molecule has 0 fully saturated rings. The quantitative estimate of drug-likeness (QED) is 0.309. The molecular weight excluding hydrogens is 430 g/mol. The highest BCUT2D eigenvalue weighted by Gasteiger charge is 2.13. The lowest BCUT2D eigenvalue weighted by atomic mass is 10.1. The van der Waals surface area contributed by atoms with Crippen LogP contribution in [0.1, 0.15) is 56.4 Å². The molecule has 0 saturated carbocycles. The number of aromatic nitrogens is 2. The number of hydrogen-bond donors (Lipinski definition) is 2. The van der Waals surface area contributed by atoms with E-state index in [0.29, 0.717) is 23.4 Å². The fraction of sp³-hybridized carbons (Fsp3) is 0.308. The van der Waals surface area contributed by atoms with Crippen LogP contribution in [0.25, 0.3) is 0 Å². The van der Waals surface area contributed by atoms with Gasteiger partial charge in [0.1, 0.15) is 0 Å². The Morgan fingerprint density at radius 3 is 2.56 bits per heavy atom. The Kier molecular flexibility index (Phi) is 8.19. The maximum absolute atomic E-state index is 13.0. The lowest BCUT2D eigenvalue weighted by Crippen LogP contribution is -2.36. The average molecular weight is 462 g/mol. The largest absolute Gasteiger partial charge is 0.465 e. The number of esters is 1. The maximum atomic E-state index is 13.0. The number of rotatable bonds is 7. The molecule has 0 unspecified atom stereocenters. The number of aryl methyl sites for hydroxylation is 4. The van der Waals surface area contributed by atoms with E-state index in [4.69, 9.17) is 4.74 Å². The predicted molar refractivity (Wildman–Crippen MR) is 133 cm³/mol. The van der Waals surface area contributed by atoms with E-state index >= 15 is 0 Å². The van der Waals surface area contributed by atoms with E-state index in [0.717, 1.165) is 35.3 Å². The van der Waals surface area contributed by atoms with Gasteiger partial charge in [0, 0.05) is 29.6 Å². The fourth-order valence-electron chi connectivity index (χ4n) is 3.37. The third kappa shape index (κ3) is 6.31. The second-order valence-corrected chi connectivity index (χ2v) is 8.12. The zero-order valence-corrected chi connectivity index (χ0v) is 20.3. The van der Waals surface area contributed by atoms with Crippen LogP contribution in [0.4, 0.5) is 5.69 Å². The van der Waals surface area contributed by atoms with E-state index in [9.17, 15) is 9.59 Å². The van der Waals surface area contributed by atoms with Crippen LogP contribution >= 0.6 is 0 Å². The van der Waals surface area contributed by atoms with Crippen LogP contribution in [0.3, 0.4) is 0 Å². The van der Waals surface area contributed by atoms with Gasteiger partial charge in [-0.1, -0.05) is 19.1 Å². The Hall–Kier alpha value is -3.94. The summed E-state index contributed by atoms with van der Waals surface area (Å²) in [6.07, 6.45) is 2.96. The Labute approximate surface area is 200 Å². The molecule has 0 bridgehead atoms. The minimum Gasteiger partial charge on any atom is -0.465 e. The van der Waals surface area contributed by atoms with Gasteiger partial charge >= 0.3 is 5.97 Å². The van der Waals surface area contributed by atoms with Gasteiger partial charge in [-0.3, -0.25) is 14.8 Å². The van der Waals surface area contributed by atoms with Gasteiger partial charge in [0.25, 0.3) is 5.91 Å². The van der Waals surface area contributed by atoms with E-state index in [1.807, 2.05) is 43.8 Å². The third-order valence-electron chi connectivity index (χ3n) is 5.46.